The minimum Gasteiger partial charge on any atom is -0.484 e. The molecule has 2 aromatic carbocycles. The number of nitrogens with zero attached hydrogens (tertiary/aromatic N) is 1. The van der Waals surface area contributed by atoms with Gasteiger partial charge in [0.05, 0.1) is 10.2 Å². The number of thiazole rings is 1. The summed E-state index contributed by atoms with van der Waals surface area (Å²) in [4.78, 5) is 39.3. The van der Waals surface area contributed by atoms with Gasteiger partial charge in [0.1, 0.15) is 17.1 Å². The summed E-state index contributed by atoms with van der Waals surface area (Å²) >= 11 is 0.987. The molecule has 1 saturated heterocycles. The molecule has 13 heteroatoms. The standard InChI is InChI=1S/C20H13F3N4O5S/c21-20(22,23)32-12-5-6-14-15(8-12)33-19(24-14)25-16(28)9-31-11-3-1-10(2-4-11)7-13-17(29)26-27-18(13)30/h1-8H,9H2,(H,26,29)(H,27,30)(H,24,25,28). The molecule has 0 atom stereocenters. The number of benzene rings is 2. The molecule has 3 aromatic rings. The maximum Gasteiger partial charge on any atom is 0.573 e. The van der Waals surface area contributed by atoms with E-state index in [1.54, 1.807) is 24.3 Å². The van der Waals surface area contributed by atoms with Gasteiger partial charge >= 0.3 is 6.36 Å². The van der Waals surface area contributed by atoms with Gasteiger partial charge in [-0.15, -0.1) is 13.2 Å². The number of rotatable bonds is 6. The maximum absolute atomic E-state index is 12.3. The molecule has 0 aliphatic carbocycles. The molecule has 1 aliphatic rings. The second-order valence-electron chi connectivity index (χ2n) is 6.57. The van der Waals surface area contributed by atoms with Gasteiger partial charge in [-0.05, 0) is 35.9 Å². The van der Waals surface area contributed by atoms with Gasteiger partial charge in [-0.25, -0.2) is 4.98 Å². The molecule has 0 radical (unpaired) electrons. The average Bonchev–Trinajstić information content (AvgIpc) is 3.29. The van der Waals surface area contributed by atoms with Gasteiger partial charge in [0.25, 0.3) is 17.7 Å². The minimum absolute atomic E-state index is 0.0315. The predicted octanol–water partition coefficient (Wildman–Crippen LogP) is 2.76. The predicted molar refractivity (Wildman–Crippen MR) is 111 cm³/mol. The van der Waals surface area contributed by atoms with Crippen LogP contribution >= 0.6 is 11.3 Å². The van der Waals surface area contributed by atoms with Crippen LogP contribution in [0, 0.1) is 0 Å². The molecular formula is C20H13F3N4O5S. The molecule has 1 aliphatic heterocycles. The molecule has 3 amide bonds. The zero-order chi connectivity index (χ0) is 23.6. The summed E-state index contributed by atoms with van der Waals surface area (Å²) in [5, 5.41) is 2.71. The number of carbonyl (C=O) groups excluding carboxylic acids is 3. The van der Waals surface area contributed by atoms with E-state index in [2.05, 4.69) is 25.9 Å². The van der Waals surface area contributed by atoms with E-state index < -0.39 is 24.1 Å². The van der Waals surface area contributed by atoms with E-state index in [9.17, 15) is 27.6 Å². The molecule has 1 aromatic heterocycles. The second kappa shape index (κ2) is 8.78. The second-order valence-corrected chi connectivity index (χ2v) is 7.60. The first-order valence-corrected chi connectivity index (χ1v) is 9.99. The molecule has 3 N–H and O–H groups in total. The molecule has 9 nitrogen and oxygen atoms in total. The fourth-order valence-corrected chi connectivity index (χ4v) is 3.68. The lowest BCUT2D eigenvalue weighted by atomic mass is 10.1. The largest absolute Gasteiger partial charge is 0.573 e. The fourth-order valence-electron chi connectivity index (χ4n) is 2.77. The normalized spacial score (nSPS) is 13.5. The molecule has 0 unspecified atom stereocenters. The molecule has 0 spiro atoms. The summed E-state index contributed by atoms with van der Waals surface area (Å²) in [6.45, 7) is -0.344. The van der Waals surface area contributed by atoms with Crippen molar-refractivity contribution >= 4 is 50.5 Å². The summed E-state index contributed by atoms with van der Waals surface area (Å²) in [6, 6.07) is 10.0. The SMILES string of the molecule is O=C(COc1ccc(C=C2C(=O)NNC2=O)cc1)Nc1nc2ccc(OC(F)(F)F)cc2s1. The van der Waals surface area contributed by atoms with Crippen molar-refractivity contribution in [2.75, 3.05) is 11.9 Å². The van der Waals surface area contributed by atoms with Crippen LogP contribution in [0.4, 0.5) is 18.3 Å². The highest BCUT2D eigenvalue weighted by Crippen LogP contribution is 2.31. The number of aromatic nitrogens is 1. The third-order valence-electron chi connectivity index (χ3n) is 4.18. The molecular weight excluding hydrogens is 465 g/mol. The maximum atomic E-state index is 12.3. The van der Waals surface area contributed by atoms with Crippen LogP contribution in [-0.2, 0) is 14.4 Å². The number of nitrogens with one attached hydrogen (secondary N) is 3. The van der Waals surface area contributed by atoms with E-state index >= 15 is 0 Å². The Bertz CT molecular complexity index is 1250. The lowest BCUT2D eigenvalue weighted by Crippen LogP contribution is -2.28. The van der Waals surface area contributed by atoms with E-state index in [-0.39, 0.29) is 23.1 Å². The van der Waals surface area contributed by atoms with Crippen molar-refractivity contribution in [2.24, 2.45) is 0 Å². The number of fused-ring (bicyclic) bond motifs is 1. The van der Waals surface area contributed by atoms with Crippen molar-refractivity contribution in [1.29, 1.82) is 0 Å². The van der Waals surface area contributed by atoms with E-state index in [0.717, 1.165) is 17.4 Å². The lowest BCUT2D eigenvalue weighted by molar-refractivity contribution is -0.274. The van der Waals surface area contributed by atoms with Crippen molar-refractivity contribution in [3.05, 3.63) is 53.6 Å². The molecule has 1 fully saturated rings. The first kappa shape index (κ1) is 22.1. The average molecular weight is 478 g/mol. The summed E-state index contributed by atoms with van der Waals surface area (Å²) in [5.41, 5.74) is 5.34. The topological polar surface area (TPSA) is 119 Å². The van der Waals surface area contributed by atoms with E-state index in [4.69, 9.17) is 4.74 Å². The van der Waals surface area contributed by atoms with Crippen molar-refractivity contribution in [2.45, 2.75) is 6.36 Å². The Morgan fingerprint density at radius 2 is 1.73 bits per heavy atom. The van der Waals surface area contributed by atoms with Crippen molar-refractivity contribution in [3.8, 4) is 11.5 Å². The number of hydrazine groups is 1. The van der Waals surface area contributed by atoms with Crippen molar-refractivity contribution < 1.29 is 37.0 Å². The van der Waals surface area contributed by atoms with Gasteiger partial charge in [0.2, 0.25) is 0 Å². The number of amides is 3. The lowest BCUT2D eigenvalue weighted by Gasteiger charge is -2.07. The van der Waals surface area contributed by atoms with Crippen LogP contribution in [0.2, 0.25) is 0 Å². The van der Waals surface area contributed by atoms with Crippen LogP contribution in [0.3, 0.4) is 0 Å². The van der Waals surface area contributed by atoms with E-state index in [1.165, 1.54) is 18.2 Å². The number of anilines is 1. The number of ether oxygens (including phenoxy) is 2. The van der Waals surface area contributed by atoms with Gasteiger partial charge in [-0.1, -0.05) is 23.5 Å². The Balaban J connectivity index is 1.33. The van der Waals surface area contributed by atoms with Gasteiger partial charge < -0.3 is 9.47 Å². The minimum atomic E-state index is -4.80. The molecule has 2 heterocycles. The number of carbonyl (C=O) groups is 3. The molecule has 4 rings (SSSR count). The molecule has 0 bridgehead atoms. The Morgan fingerprint density at radius 3 is 2.39 bits per heavy atom. The van der Waals surface area contributed by atoms with E-state index in [1.807, 2.05) is 0 Å². The fraction of sp³-hybridized carbons (Fsp3) is 0.100. The van der Waals surface area contributed by atoms with Crippen LogP contribution in [0.15, 0.2) is 48.0 Å². The quantitative estimate of drug-likeness (QED) is 0.370. The third kappa shape index (κ3) is 5.57. The van der Waals surface area contributed by atoms with Crippen LogP contribution in [0.1, 0.15) is 5.56 Å². The number of hydrogen-bond donors (Lipinski definition) is 3. The molecule has 33 heavy (non-hydrogen) atoms. The first-order chi connectivity index (χ1) is 15.7. The molecule has 0 saturated carbocycles. The highest BCUT2D eigenvalue weighted by molar-refractivity contribution is 7.22. The highest BCUT2D eigenvalue weighted by Gasteiger charge is 2.31. The van der Waals surface area contributed by atoms with Gasteiger partial charge in [0.15, 0.2) is 11.7 Å². The molecule has 170 valence electrons. The monoisotopic (exact) mass is 478 g/mol. The Hall–Kier alpha value is -4.13. The van der Waals surface area contributed by atoms with Gasteiger partial charge in [-0.2, -0.15) is 0 Å². The van der Waals surface area contributed by atoms with Gasteiger partial charge in [-0.3, -0.25) is 30.6 Å². The Labute approximate surface area is 187 Å². The highest BCUT2D eigenvalue weighted by atomic mass is 32.1. The van der Waals surface area contributed by atoms with Crippen LogP contribution < -0.4 is 25.6 Å². The summed E-state index contributed by atoms with van der Waals surface area (Å²) in [6.07, 6.45) is -3.39. The Kier molecular flexibility index (Phi) is 5.87. The van der Waals surface area contributed by atoms with Crippen LogP contribution in [0.25, 0.3) is 16.3 Å². The summed E-state index contributed by atoms with van der Waals surface area (Å²) < 4.78 is 46.7. The zero-order valence-electron chi connectivity index (χ0n) is 16.4. The number of hydrogen-bond acceptors (Lipinski definition) is 7. The zero-order valence-corrected chi connectivity index (χ0v) is 17.2. The van der Waals surface area contributed by atoms with Crippen LogP contribution in [0.5, 0.6) is 11.5 Å². The van der Waals surface area contributed by atoms with E-state index in [0.29, 0.717) is 21.5 Å². The van der Waals surface area contributed by atoms with Gasteiger partial charge in [0, 0.05) is 6.07 Å². The summed E-state index contributed by atoms with van der Waals surface area (Å²) in [7, 11) is 0. The number of alkyl halides is 3. The third-order valence-corrected chi connectivity index (χ3v) is 5.11. The van der Waals surface area contributed by atoms with Crippen molar-refractivity contribution in [1.82, 2.24) is 15.8 Å². The smallest absolute Gasteiger partial charge is 0.484 e. The first-order valence-electron chi connectivity index (χ1n) is 9.18. The number of halogens is 3. The van der Waals surface area contributed by atoms with Crippen LogP contribution in [-0.4, -0.2) is 35.7 Å². The Morgan fingerprint density at radius 1 is 1.06 bits per heavy atom. The van der Waals surface area contributed by atoms with Crippen molar-refractivity contribution in [3.63, 3.8) is 0 Å². The summed E-state index contributed by atoms with van der Waals surface area (Å²) in [5.74, 6) is -1.60.